The first-order valence-electron chi connectivity index (χ1n) is 3.36. The Labute approximate surface area is 57.6 Å². The molecule has 0 aliphatic rings. The molecule has 0 rings (SSSR count). The first-order chi connectivity index (χ1) is 4.16. The van der Waals surface area contributed by atoms with Gasteiger partial charge in [-0.25, -0.2) is 0 Å². The average Bonchev–Trinajstić information content (AvgIpc) is 1.63. The second kappa shape index (κ2) is 4.40. The van der Waals surface area contributed by atoms with Gasteiger partial charge in [0.2, 0.25) is 0 Å². The monoisotopic (exact) mass is 125 g/mol. The third-order valence-electron chi connectivity index (χ3n) is 1.15. The molecule has 1 atom stereocenters. The summed E-state index contributed by atoms with van der Waals surface area (Å²) < 4.78 is 0. The van der Waals surface area contributed by atoms with Gasteiger partial charge in [0, 0.05) is 12.5 Å². The van der Waals surface area contributed by atoms with Crippen LogP contribution in [0.3, 0.4) is 0 Å². The topological polar surface area (TPSA) is 26.0 Å². The molecule has 9 heavy (non-hydrogen) atoms. The molecule has 0 spiro atoms. The van der Waals surface area contributed by atoms with Crippen molar-refractivity contribution in [1.29, 1.82) is 0 Å². The molecule has 1 heteroatoms. The maximum absolute atomic E-state index is 5.64. The molecule has 2 N–H and O–H groups in total. The van der Waals surface area contributed by atoms with Crippen molar-refractivity contribution < 1.29 is 0 Å². The van der Waals surface area contributed by atoms with Crippen LogP contribution in [0.2, 0.25) is 0 Å². The van der Waals surface area contributed by atoms with Crippen molar-refractivity contribution in [3.63, 3.8) is 0 Å². The molecule has 0 saturated carbocycles. The van der Waals surface area contributed by atoms with Crippen molar-refractivity contribution in [3.05, 3.63) is 0 Å². The molecule has 1 nitrogen and oxygen atoms in total. The van der Waals surface area contributed by atoms with Crippen LogP contribution in [0.4, 0.5) is 0 Å². The average molecular weight is 125 g/mol. The summed E-state index contributed by atoms with van der Waals surface area (Å²) in [6.07, 6.45) is 6.81. The van der Waals surface area contributed by atoms with E-state index < -0.39 is 0 Å². The van der Waals surface area contributed by atoms with Crippen LogP contribution in [0.25, 0.3) is 0 Å². The maximum Gasteiger partial charge on any atom is 0.0238 e. The van der Waals surface area contributed by atoms with E-state index in [0.29, 0.717) is 12.3 Å². The Kier molecular flexibility index (Phi) is 4.17. The quantitative estimate of drug-likeness (QED) is 0.567. The standard InChI is InChI=1S/C8H15N/c1-4-5-8(9)6-7(2)3/h1,7-8H,5-6,9H2,2-3H3/t8-/m0/s1. The predicted octanol–water partition coefficient (Wildman–Crippen LogP) is 1.38. The maximum atomic E-state index is 5.64. The fraction of sp³-hybridized carbons (Fsp3) is 0.750. The van der Waals surface area contributed by atoms with Gasteiger partial charge < -0.3 is 5.73 Å². The largest absolute Gasteiger partial charge is 0.327 e. The zero-order valence-corrected chi connectivity index (χ0v) is 6.22. The molecule has 52 valence electrons. The molecular formula is C8H15N. The predicted molar refractivity (Wildman–Crippen MR) is 40.9 cm³/mol. The van der Waals surface area contributed by atoms with Crippen LogP contribution in [0, 0.1) is 18.3 Å². The Bertz CT molecular complexity index is 99.6. The first kappa shape index (κ1) is 8.52. The summed E-state index contributed by atoms with van der Waals surface area (Å²) in [7, 11) is 0. The second-order valence-corrected chi connectivity index (χ2v) is 2.80. The van der Waals surface area contributed by atoms with Crippen LogP contribution in [0.5, 0.6) is 0 Å². The fourth-order valence-electron chi connectivity index (χ4n) is 0.840. The molecule has 0 aromatic heterocycles. The Morgan fingerprint density at radius 2 is 2.11 bits per heavy atom. The molecule has 0 aromatic rings. The molecule has 0 radical (unpaired) electrons. The van der Waals surface area contributed by atoms with Crippen LogP contribution in [-0.2, 0) is 0 Å². The van der Waals surface area contributed by atoms with Crippen molar-refractivity contribution in [2.24, 2.45) is 11.7 Å². The minimum absolute atomic E-state index is 0.204. The lowest BCUT2D eigenvalue weighted by Gasteiger charge is -2.09. The van der Waals surface area contributed by atoms with Crippen molar-refractivity contribution >= 4 is 0 Å². The highest BCUT2D eigenvalue weighted by Crippen LogP contribution is 2.03. The third-order valence-corrected chi connectivity index (χ3v) is 1.15. The molecular weight excluding hydrogens is 110 g/mol. The third kappa shape index (κ3) is 5.39. The van der Waals surface area contributed by atoms with E-state index in [1.807, 2.05) is 0 Å². The normalized spacial score (nSPS) is 13.2. The molecule has 0 bridgehead atoms. The zero-order chi connectivity index (χ0) is 7.28. The lowest BCUT2D eigenvalue weighted by Crippen LogP contribution is -2.20. The van der Waals surface area contributed by atoms with Crippen molar-refractivity contribution in [3.8, 4) is 12.3 Å². The summed E-state index contributed by atoms with van der Waals surface area (Å²) in [5.41, 5.74) is 5.64. The van der Waals surface area contributed by atoms with Crippen LogP contribution in [0.15, 0.2) is 0 Å². The summed E-state index contributed by atoms with van der Waals surface area (Å²) in [5, 5.41) is 0. The van der Waals surface area contributed by atoms with E-state index in [1.54, 1.807) is 0 Å². The van der Waals surface area contributed by atoms with Crippen LogP contribution in [0.1, 0.15) is 26.7 Å². The highest BCUT2D eigenvalue weighted by atomic mass is 14.6. The Hall–Kier alpha value is -0.480. The van der Waals surface area contributed by atoms with Crippen molar-refractivity contribution in [2.75, 3.05) is 0 Å². The molecule has 0 aliphatic heterocycles. The van der Waals surface area contributed by atoms with Gasteiger partial charge in [-0.2, -0.15) is 0 Å². The van der Waals surface area contributed by atoms with Gasteiger partial charge in [-0.05, 0) is 12.3 Å². The van der Waals surface area contributed by atoms with Gasteiger partial charge in [-0.15, -0.1) is 12.3 Å². The van der Waals surface area contributed by atoms with Gasteiger partial charge in [0.05, 0.1) is 0 Å². The van der Waals surface area contributed by atoms with Gasteiger partial charge in [0.15, 0.2) is 0 Å². The zero-order valence-electron chi connectivity index (χ0n) is 6.22. The number of nitrogens with two attached hydrogens (primary N) is 1. The number of terminal acetylenes is 1. The van der Waals surface area contributed by atoms with Gasteiger partial charge in [0.1, 0.15) is 0 Å². The molecule has 0 fully saturated rings. The molecule has 0 aliphatic carbocycles. The lowest BCUT2D eigenvalue weighted by atomic mass is 10.0. The Morgan fingerprint density at radius 3 is 2.44 bits per heavy atom. The number of hydrogen-bond donors (Lipinski definition) is 1. The van der Waals surface area contributed by atoms with E-state index in [0.717, 1.165) is 6.42 Å². The van der Waals surface area contributed by atoms with Crippen LogP contribution >= 0.6 is 0 Å². The van der Waals surface area contributed by atoms with E-state index in [2.05, 4.69) is 19.8 Å². The van der Waals surface area contributed by atoms with Gasteiger partial charge in [-0.1, -0.05) is 13.8 Å². The van der Waals surface area contributed by atoms with E-state index in [4.69, 9.17) is 12.2 Å². The molecule has 0 aromatic carbocycles. The minimum Gasteiger partial charge on any atom is -0.327 e. The van der Waals surface area contributed by atoms with E-state index >= 15 is 0 Å². The van der Waals surface area contributed by atoms with E-state index in [9.17, 15) is 0 Å². The van der Waals surface area contributed by atoms with Gasteiger partial charge >= 0.3 is 0 Å². The van der Waals surface area contributed by atoms with Crippen LogP contribution in [-0.4, -0.2) is 6.04 Å². The lowest BCUT2D eigenvalue weighted by molar-refractivity contribution is 0.502. The number of rotatable bonds is 3. The second-order valence-electron chi connectivity index (χ2n) is 2.80. The van der Waals surface area contributed by atoms with E-state index in [-0.39, 0.29) is 6.04 Å². The first-order valence-corrected chi connectivity index (χ1v) is 3.36. The van der Waals surface area contributed by atoms with E-state index in [1.165, 1.54) is 0 Å². The smallest absolute Gasteiger partial charge is 0.0238 e. The highest BCUT2D eigenvalue weighted by molar-refractivity contribution is 4.88. The Morgan fingerprint density at radius 1 is 1.56 bits per heavy atom. The summed E-state index contributed by atoms with van der Waals surface area (Å²) in [6.45, 7) is 4.30. The van der Waals surface area contributed by atoms with Crippen LogP contribution < -0.4 is 5.73 Å². The van der Waals surface area contributed by atoms with Gasteiger partial charge in [0.25, 0.3) is 0 Å². The summed E-state index contributed by atoms with van der Waals surface area (Å²) in [5.74, 6) is 3.21. The van der Waals surface area contributed by atoms with Crippen molar-refractivity contribution in [2.45, 2.75) is 32.7 Å². The highest BCUT2D eigenvalue weighted by Gasteiger charge is 2.01. The van der Waals surface area contributed by atoms with Crippen molar-refractivity contribution in [1.82, 2.24) is 0 Å². The molecule has 0 saturated heterocycles. The summed E-state index contributed by atoms with van der Waals surface area (Å²) in [4.78, 5) is 0. The minimum atomic E-state index is 0.204. The Balaban J connectivity index is 3.29. The fourth-order valence-corrected chi connectivity index (χ4v) is 0.840. The molecule has 0 amide bonds. The molecule has 0 heterocycles. The summed E-state index contributed by atoms with van der Waals surface area (Å²) in [6, 6.07) is 0.204. The number of hydrogen-bond acceptors (Lipinski definition) is 1. The SMILES string of the molecule is C#CC[C@H](N)CC(C)C. The van der Waals surface area contributed by atoms with Gasteiger partial charge in [-0.3, -0.25) is 0 Å². The molecule has 0 unspecified atom stereocenters. The summed E-state index contributed by atoms with van der Waals surface area (Å²) >= 11 is 0.